The van der Waals surface area contributed by atoms with Crippen LogP contribution in [0.25, 0.3) is 0 Å². The van der Waals surface area contributed by atoms with Crippen LogP contribution in [0.2, 0.25) is 0 Å². The Morgan fingerprint density at radius 2 is 1.88 bits per heavy atom. The molecule has 0 unspecified atom stereocenters. The maximum Gasteiger partial charge on any atom is 0.309 e. The van der Waals surface area contributed by atoms with Gasteiger partial charge in [0.05, 0.1) is 5.92 Å². The zero-order valence-corrected chi connectivity index (χ0v) is 11.6. The van der Waals surface area contributed by atoms with Gasteiger partial charge in [-0.2, -0.15) is 0 Å². The molecule has 2 atom stereocenters. The molecule has 0 aliphatic heterocycles. The van der Waals surface area contributed by atoms with Crippen LogP contribution in [0.1, 0.15) is 46.5 Å². The highest BCUT2D eigenvalue weighted by Crippen LogP contribution is 2.30. The third-order valence-corrected chi connectivity index (χ3v) is 3.96. The van der Waals surface area contributed by atoms with Crippen molar-refractivity contribution in [2.45, 2.75) is 46.5 Å². The second-order valence-corrected chi connectivity index (χ2v) is 5.06. The molecule has 100 valence electrons. The highest BCUT2D eigenvalue weighted by atomic mass is 16.5. The van der Waals surface area contributed by atoms with E-state index in [1.54, 1.807) is 0 Å². The van der Waals surface area contributed by atoms with Gasteiger partial charge in [0.15, 0.2) is 0 Å². The van der Waals surface area contributed by atoms with Crippen molar-refractivity contribution in [3.05, 3.63) is 0 Å². The van der Waals surface area contributed by atoms with Crippen LogP contribution in [0, 0.1) is 11.8 Å². The first-order valence-electron chi connectivity index (χ1n) is 7.08. The van der Waals surface area contributed by atoms with Crippen LogP contribution in [0.3, 0.4) is 0 Å². The van der Waals surface area contributed by atoms with E-state index in [4.69, 9.17) is 4.74 Å². The predicted octanol–water partition coefficient (Wildman–Crippen LogP) is 2.70. The van der Waals surface area contributed by atoms with Crippen molar-refractivity contribution >= 4 is 5.97 Å². The molecule has 0 N–H and O–H groups in total. The topological polar surface area (TPSA) is 29.5 Å². The summed E-state index contributed by atoms with van der Waals surface area (Å²) in [6.07, 6.45) is 4.64. The Morgan fingerprint density at radius 1 is 1.24 bits per heavy atom. The molecule has 1 saturated carbocycles. The van der Waals surface area contributed by atoms with Gasteiger partial charge in [0.1, 0.15) is 6.61 Å². The van der Waals surface area contributed by atoms with Gasteiger partial charge in [0.25, 0.3) is 0 Å². The average molecular weight is 241 g/mol. The summed E-state index contributed by atoms with van der Waals surface area (Å²) < 4.78 is 5.41. The zero-order chi connectivity index (χ0) is 12.7. The highest BCUT2D eigenvalue weighted by Gasteiger charge is 2.28. The molecule has 0 bridgehead atoms. The van der Waals surface area contributed by atoms with Gasteiger partial charge in [-0.3, -0.25) is 4.79 Å². The molecule has 3 heteroatoms. The van der Waals surface area contributed by atoms with Gasteiger partial charge >= 0.3 is 5.97 Å². The van der Waals surface area contributed by atoms with E-state index in [1.807, 2.05) is 0 Å². The molecule has 17 heavy (non-hydrogen) atoms. The normalized spacial score (nSPS) is 24.9. The van der Waals surface area contributed by atoms with Crippen LogP contribution in [-0.4, -0.2) is 37.1 Å². The Hall–Kier alpha value is -0.570. The monoisotopic (exact) mass is 241 g/mol. The molecule has 0 aromatic heterocycles. The quantitative estimate of drug-likeness (QED) is 0.670. The predicted molar refractivity (Wildman–Crippen MR) is 69.9 cm³/mol. The van der Waals surface area contributed by atoms with Crippen molar-refractivity contribution in [2.75, 3.05) is 26.2 Å². The van der Waals surface area contributed by atoms with Gasteiger partial charge < -0.3 is 9.64 Å². The molecule has 0 spiro atoms. The van der Waals surface area contributed by atoms with E-state index in [1.165, 1.54) is 19.3 Å². The molecule has 0 radical (unpaired) electrons. The van der Waals surface area contributed by atoms with E-state index >= 15 is 0 Å². The Morgan fingerprint density at radius 3 is 2.47 bits per heavy atom. The Labute approximate surface area is 106 Å². The molecule has 1 rings (SSSR count). The maximum atomic E-state index is 11.9. The Balaban J connectivity index is 2.24. The zero-order valence-electron chi connectivity index (χ0n) is 11.6. The maximum absolute atomic E-state index is 11.9. The van der Waals surface area contributed by atoms with Gasteiger partial charge in [-0.25, -0.2) is 0 Å². The Bertz CT molecular complexity index is 226. The lowest BCUT2D eigenvalue weighted by Gasteiger charge is -2.27. The lowest BCUT2D eigenvalue weighted by Crippen LogP contribution is -2.31. The number of carbonyl (C=O) groups excluding carboxylic acids is 1. The van der Waals surface area contributed by atoms with Crippen molar-refractivity contribution in [1.82, 2.24) is 4.90 Å². The average Bonchev–Trinajstić information content (AvgIpc) is 2.35. The first-order chi connectivity index (χ1) is 8.19. The molecular formula is C14H27NO2. The smallest absolute Gasteiger partial charge is 0.309 e. The third-order valence-electron chi connectivity index (χ3n) is 3.96. The van der Waals surface area contributed by atoms with Gasteiger partial charge in [0.2, 0.25) is 0 Å². The number of rotatable bonds is 6. The molecule has 0 aromatic carbocycles. The number of hydrogen-bond acceptors (Lipinski definition) is 3. The summed E-state index contributed by atoms with van der Waals surface area (Å²) in [5.41, 5.74) is 0. The van der Waals surface area contributed by atoms with Crippen molar-refractivity contribution in [1.29, 1.82) is 0 Å². The fourth-order valence-electron chi connectivity index (χ4n) is 2.59. The van der Waals surface area contributed by atoms with E-state index in [2.05, 4.69) is 25.7 Å². The molecule has 0 amide bonds. The molecule has 1 aliphatic rings. The number of ether oxygens (including phenoxy) is 1. The molecule has 1 aliphatic carbocycles. The molecule has 1 fully saturated rings. The summed E-state index contributed by atoms with van der Waals surface area (Å²) in [6, 6.07) is 0. The number of carbonyl (C=O) groups is 1. The van der Waals surface area contributed by atoms with Crippen molar-refractivity contribution < 1.29 is 9.53 Å². The van der Waals surface area contributed by atoms with Crippen molar-refractivity contribution in [3.8, 4) is 0 Å². The fraction of sp³-hybridized carbons (Fsp3) is 0.929. The lowest BCUT2D eigenvalue weighted by atomic mass is 9.80. The summed E-state index contributed by atoms with van der Waals surface area (Å²) in [5.74, 6) is 0.689. The molecular weight excluding hydrogens is 214 g/mol. The third kappa shape index (κ3) is 4.66. The van der Waals surface area contributed by atoms with E-state index in [0.29, 0.717) is 12.5 Å². The minimum absolute atomic E-state index is 0.0318. The lowest BCUT2D eigenvalue weighted by molar-refractivity contribution is -0.151. The van der Waals surface area contributed by atoms with Gasteiger partial charge in [-0.15, -0.1) is 0 Å². The number of esters is 1. The second-order valence-electron chi connectivity index (χ2n) is 5.06. The van der Waals surface area contributed by atoms with E-state index < -0.39 is 0 Å². The summed E-state index contributed by atoms with van der Waals surface area (Å²) in [4.78, 5) is 14.2. The summed E-state index contributed by atoms with van der Waals surface area (Å²) in [6.45, 7) is 9.89. The number of nitrogens with zero attached hydrogens (tertiary/aromatic N) is 1. The minimum Gasteiger partial charge on any atom is -0.464 e. The number of hydrogen-bond donors (Lipinski definition) is 0. The van der Waals surface area contributed by atoms with Gasteiger partial charge in [0, 0.05) is 6.54 Å². The largest absolute Gasteiger partial charge is 0.464 e. The summed E-state index contributed by atoms with van der Waals surface area (Å²) in [7, 11) is 0. The van der Waals surface area contributed by atoms with Gasteiger partial charge in [-0.1, -0.05) is 33.6 Å². The second kappa shape index (κ2) is 7.70. The summed E-state index contributed by atoms with van der Waals surface area (Å²) in [5, 5.41) is 0. The van der Waals surface area contributed by atoms with Crippen LogP contribution < -0.4 is 0 Å². The first-order valence-corrected chi connectivity index (χ1v) is 7.08. The molecule has 0 aromatic rings. The van der Waals surface area contributed by atoms with E-state index in [9.17, 15) is 4.79 Å². The van der Waals surface area contributed by atoms with E-state index in [-0.39, 0.29) is 11.9 Å². The SMILES string of the molecule is CCN(CC)CCOC(=O)[C@@H]1CCCC[C@H]1C. The van der Waals surface area contributed by atoms with Crippen molar-refractivity contribution in [3.63, 3.8) is 0 Å². The minimum atomic E-state index is 0.0318. The van der Waals surface area contributed by atoms with Crippen LogP contribution in [0.5, 0.6) is 0 Å². The fourth-order valence-corrected chi connectivity index (χ4v) is 2.59. The Kier molecular flexibility index (Phi) is 6.56. The van der Waals surface area contributed by atoms with E-state index in [0.717, 1.165) is 26.1 Å². The van der Waals surface area contributed by atoms with Crippen molar-refractivity contribution in [2.24, 2.45) is 11.8 Å². The first kappa shape index (κ1) is 14.5. The van der Waals surface area contributed by atoms with Crippen LogP contribution >= 0.6 is 0 Å². The van der Waals surface area contributed by atoms with Crippen LogP contribution in [-0.2, 0) is 9.53 Å². The van der Waals surface area contributed by atoms with Crippen LogP contribution in [0.15, 0.2) is 0 Å². The highest BCUT2D eigenvalue weighted by molar-refractivity contribution is 5.72. The summed E-state index contributed by atoms with van der Waals surface area (Å²) >= 11 is 0. The standard InChI is InChI=1S/C14H27NO2/c1-4-15(5-2)10-11-17-14(16)13-9-7-6-8-12(13)3/h12-13H,4-11H2,1-3H3/t12-,13-/m1/s1. The van der Waals surface area contributed by atoms with Gasteiger partial charge in [-0.05, 0) is 31.8 Å². The number of likely N-dealkylation sites (N-methyl/N-ethyl adjacent to an activating group) is 1. The molecule has 0 heterocycles. The molecule has 3 nitrogen and oxygen atoms in total. The van der Waals surface area contributed by atoms with Crippen LogP contribution in [0.4, 0.5) is 0 Å². The molecule has 0 saturated heterocycles.